The molecule has 1 unspecified atom stereocenters. The van der Waals surface area contributed by atoms with E-state index in [1.165, 1.54) is 0 Å². The Kier molecular flexibility index (Phi) is 4.96. The molecule has 2 N–H and O–H groups in total. The molecule has 0 saturated carbocycles. The number of nitrogens with one attached hydrogen (secondary N) is 1. The van der Waals surface area contributed by atoms with Gasteiger partial charge in [0.1, 0.15) is 5.75 Å². The molecule has 1 rings (SSSR count). The van der Waals surface area contributed by atoms with Crippen LogP contribution in [0.3, 0.4) is 0 Å². The molecule has 0 aliphatic heterocycles. The summed E-state index contributed by atoms with van der Waals surface area (Å²) in [5, 5.41) is 12.1. The van der Waals surface area contributed by atoms with E-state index in [1.54, 1.807) is 39.1 Å². The van der Waals surface area contributed by atoms with Crippen LogP contribution in [0.1, 0.15) is 25.5 Å². The number of amides is 1. The first-order chi connectivity index (χ1) is 7.95. The maximum atomic E-state index is 11.4. The summed E-state index contributed by atoms with van der Waals surface area (Å²) in [5.41, 5.74) is 0.648. The van der Waals surface area contributed by atoms with Gasteiger partial charge in [0, 0.05) is 17.1 Å². The SMILES string of the molecule is CNC(=O)C(C)Oc1ccc(Br)cc1[C@H](C)O. The number of ether oxygens (including phenoxy) is 1. The Bertz CT molecular complexity index is 407. The molecule has 17 heavy (non-hydrogen) atoms. The van der Waals surface area contributed by atoms with E-state index < -0.39 is 12.2 Å². The summed E-state index contributed by atoms with van der Waals surface area (Å²) in [6, 6.07) is 5.31. The van der Waals surface area contributed by atoms with Gasteiger partial charge in [-0.1, -0.05) is 15.9 Å². The number of aliphatic hydroxyl groups excluding tert-OH is 1. The number of likely N-dealkylation sites (N-methyl/N-ethyl adjacent to an activating group) is 1. The van der Waals surface area contributed by atoms with E-state index in [1.807, 2.05) is 0 Å². The van der Waals surface area contributed by atoms with Gasteiger partial charge in [0.05, 0.1) is 6.10 Å². The highest BCUT2D eigenvalue weighted by atomic mass is 79.9. The van der Waals surface area contributed by atoms with E-state index in [0.29, 0.717) is 11.3 Å². The Hall–Kier alpha value is -1.07. The van der Waals surface area contributed by atoms with Crippen molar-refractivity contribution >= 4 is 21.8 Å². The normalized spacial score (nSPS) is 13.9. The van der Waals surface area contributed by atoms with Gasteiger partial charge in [0.15, 0.2) is 6.10 Å². The largest absolute Gasteiger partial charge is 0.481 e. The van der Waals surface area contributed by atoms with Crippen molar-refractivity contribution in [2.24, 2.45) is 0 Å². The fraction of sp³-hybridized carbons (Fsp3) is 0.417. The first-order valence-electron chi connectivity index (χ1n) is 5.31. The molecule has 0 aliphatic rings. The summed E-state index contributed by atoms with van der Waals surface area (Å²) in [6.45, 7) is 3.31. The van der Waals surface area contributed by atoms with Gasteiger partial charge < -0.3 is 15.2 Å². The molecule has 2 atom stereocenters. The summed E-state index contributed by atoms with van der Waals surface area (Å²) >= 11 is 3.33. The molecular weight excluding hydrogens is 286 g/mol. The lowest BCUT2D eigenvalue weighted by molar-refractivity contribution is -0.126. The molecule has 5 heteroatoms. The van der Waals surface area contributed by atoms with Crippen molar-refractivity contribution in [2.75, 3.05) is 7.05 Å². The molecule has 0 heterocycles. The van der Waals surface area contributed by atoms with Crippen molar-refractivity contribution in [2.45, 2.75) is 26.1 Å². The number of hydrogen-bond acceptors (Lipinski definition) is 3. The molecular formula is C12H16BrNO3. The first kappa shape index (κ1) is 14.0. The van der Waals surface area contributed by atoms with Gasteiger partial charge in [-0.25, -0.2) is 0 Å². The van der Waals surface area contributed by atoms with Crippen LogP contribution in [0.4, 0.5) is 0 Å². The van der Waals surface area contributed by atoms with Gasteiger partial charge in [-0.15, -0.1) is 0 Å². The van der Waals surface area contributed by atoms with Crippen molar-refractivity contribution < 1.29 is 14.6 Å². The lowest BCUT2D eigenvalue weighted by Gasteiger charge is -2.17. The van der Waals surface area contributed by atoms with Crippen LogP contribution in [0.2, 0.25) is 0 Å². The average molecular weight is 302 g/mol. The van der Waals surface area contributed by atoms with E-state index in [2.05, 4.69) is 21.2 Å². The Morgan fingerprint density at radius 3 is 2.65 bits per heavy atom. The highest BCUT2D eigenvalue weighted by Gasteiger charge is 2.16. The summed E-state index contributed by atoms with van der Waals surface area (Å²) < 4.78 is 6.38. The van der Waals surface area contributed by atoms with E-state index in [0.717, 1.165) is 4.47 Å². The minimum absolute atomic E-state index is 0.204. The first-order valence-corrected chi connectivity index (χ1v) is 6.10. The van der Waals surface area contributed by atoms with E-state index in [-0.39, 0.29) is 5.91 Å². The van der Waals surface area contributed by atoms with E-state index in [4.69, 9.17) is 4.74 Å². The second-order valence-corrected chi connectivity index (χ2v) is 4.65. The fourth-order valence-electron chi connectivity index (χ4n) is 1.40. The van der Waals surface area contributed by atoms with Crippen LogP contribution in [0.25, 0.3) is 0 Å². The van der Waals surface area contributed by atoms with Crippen molar-refractivity contribution in [3.8, 4) is 5.75 Å². The predicted molar refractivity (Wildman–Crippen MR) is 68.9 cm³/mol. The second kappa shape index (κ2) is 6.02. The molecule has 1 aromatic rings. The lowest BCUT2D eigenvalue weighted by atomic mass is 10.1. The zero-order valence-electron chi connectivity index (χ0n) is 10.0. The predicted octanol–water partition coefficient (Wildman–Crippen LogP) is 2.02. The van der Waals surface area contributed by atoms with Crippen LogP contribution < -0.4 is 10.1 Å². The summed E-state index contributed by atoms with van der Waals surface area (Å²) in [6.07, 6.45) is -1.25. The number of benzene rings is 1. The van der Waals surface area contributed by atoms with Gasteiger partial charge in [-0.05, 0) is 32.0 Å². The molecule has 0 saturated heterocycles. The number of rotatable bonds is 4. The van der Waals surface area contributed by atoms with Crippen molar-refractivity contribution in [1.29, 1.82) is 0 Å². The van der Waals surface area contributed by atoms with Gasteiger partial charge in [-0.3, -0.25) is 4.79 Å². The smallest absolute Gasteiger partial charge is 0.260 e. The number of aliphatic hydroxyl groups is 1. The van der Waals surface area contributed by atoms with Gasteiger partial charge in [0.2, 0.25) is 0 Å². The third-order valence-electron chi connectivity index (χ3n) is 2.34. The molecule has 0 radical (unpaired) electrons. The zero-order valence-corrected chi connectivity index (χ0v) is 11.6. The molecule has 0 fully saturated rings. The highest BCUT2D eigenvalue weighted by molar-refractivity contribution is 9.10. The van der Waals surface area contributed by atoms with Crippen LogP contribution in [-0.4, -0.2) is 24.2 Å². The van der Waals surface area contributed by atoms with Gasteiger partial charge >= 0.3 is 0 Å². The van der Waals surface area contributed by atoms with Crippen LogP contribution in [0, 0.1) is 0 Å². The second-order valence-electron chi connectivity index (χ2n) is 3.73. The summed E-state index contributed by atoms with van der Waals surface area (Å²) in [7, 11) is 1.55. The van der Waals surface area contributed by atoms with Crippen molar-refractivity contribution in [3.63, 3.8) is 0 Å². The van der Waals surface area contributed by atoms with E-state index in [9.17, 15) is 9.90 Å². The lowest BCUT2D eigenvalue weighted by Crippen LogP contribution is -2.34. The Balaban J connectivity index is 2.94. The van der Waals surface area contributed by atoms with Crippen molar-refractivity contribution in [1.82, 2.24) is 5.32 Å². The zero-order chi connectivity index (χ0) is 13.0. The topological polar surface area (TPSA) is 58.6 Å². The monoisotopic (exact) mass is 301 g/mol. The summed E-state index contributed by atoms with van der Waals surface area (Å²) in [4.78, 5) is 11.4. The standard InChI is InChI=1S/C12H16BrNO3/c1-7(15)10-6-9(13)4-5-11(10)17-8(2)12(16)14-3/h4-8,15H,1-3H3,(H,14,16)/t7-,8?/m0/s1. The van der Waals surface area contributed by atoms with Crippen LogP contribution >= 0.6 is 15.9 Å². The minimum atomic E-state index is -0.653. The maximum Gasteiger partial charge on any atom is 0.260 e. The molecule has 0 aromatic heterocycles. The highest BCUT2D eigenvalue weighted by Crippen LogP contribution is 2.29. The molecule has 0 bridgehead atoms. The van der Waals surface area contributed by atoms with Crippen molar-refractivity contribution in [3.05, 3.63) is 28.2 Å². The number of halogens is 1. The van der Waals surface area contributed by atoms with E-state index >= 15 is 0 Å². The third kappa shape index (κ3) is 3.71. The molecule has 94 valence electrons. The van der Waals surface area contributed by atoms with Crippen LogP contribution in [0.5, 0.6) is 5.75 Å². The summed E-state index contributed by atoms with van der Waals surface area (Å²) in [5.74, 6) is 0.309. The Morgan fingerprint density at radius 2 is 2.12 bits per heavy atom. The average Bonchev–Trinajstić information content (AvgIpc) is 2.29. The molecule has 0 spiro atoms. The Labute approximate surface area is 109 Å². The molecule has 1 aromatic carbocycles. The minimum Gasteiger partial charge on any atom is -0.481 e. The van der Waals surface area contributed by atoms with Crippen LogP contribution in [-0.2, 0) is 4.79 Å². The molecule has 1 amide bonds. The molecule has 4 nitrogen and oxygen atoms in total. The number of carbonyl (C=O) groups excluding carboxylic acids is 1. The number of carbonyl (C=O) groups is 1. The Morgan fingerprint density at radius 1 is 1.47 bits per heavy atom. The molecule has 0 aliphatic carbocycles. The number of hydrogen-bond donors (Lipinski definition) is 2. The maximum absolute atomic E-state index is 11.4. The fourth-order valence-corrected chi connectivity index (χ4v) is 1.78. The van der Waals surface area contributed by atoms with Crippen LogP contribution in [0.15, 0.2) is 22.7 Å². The third-order valence-corrected chi connectivity index (χ3v) is 2.83. The van der Waals surface area contributed by atoms with Gasteiger partial charge in [-0.2, -0.15) is 0 Å². The van der Waals surface area contributed by atoms with Gasteiger partial charge in [0.25, 0.3) is 5.91 Å². The quantitative estimate of drug-likeness (QED) is 0.894.